The molecule has 0 aromatic carbocycles. The highest BCUT2D eigenvalue weighted by atomic mass is 32.2. The van der Waals surface area contributed by atoms with Crippen molar-refractivity contribution in [2.24, 2.45) is 0 Å². The lowest BCUT2D eigenvalue weighted by molar-refractivity contribution is -0.134. The molecule has 0 saturated heterocycles. The first-order valence-electron chi connectivity index (χ1n) is 3.13. The van der Waals surface area contributed by atoms with E-state index in [-0.39, 0.29) is 0 Å². The first-order chi connectivity index (χ1) is 5.24. The lowest BCUT2D eigenvalue weighted by Gasteiger charge is -2.08. The minimum absolute atomic E-state index is 0.618. The van der Waals surface area contributed by atoms with Gasteiger partial charge in [0.1, 0.15) is 0 Å². The van der Waals surface area contributed by atoms with Crippen molar-refractivity contribution in [3.05, 3.63) is 0 Å². The fourth-order valence-electron chi connectivity index (χ4n) is 0.597. The van der Waals surface area contributed by atoms with Gasteiger partial charge in [-0.3, -0.25) is 13.8 Å². The third-order valence-corrected chi connectivity index (χ3v) is 1.55. The fourth-order valence-corrected chi connectivity index (χ4v) is 1.22. The number of rotatable bonds is 4. The van der Waals surface area contributed by atoms with Crippen LogP contribution in [0.2, 0.25) is 0 Å². The molecule has 0 N–H and O–H groups in total. The summed E-state index contributed by atoms with van der Waals surface area (Å²) in [6.07, 6.45) is -0.703. The maximum absolute atomic E-state index is 10.7. The Morgan fingerprint density at radius 3 is 1.58 bits per heavy atom. The molecule has 70 valence electrons. The fraction of sp³-hybridized carbons (Fsp3) is 0.667. The van der Waals surface area contributed by atoms with E-state index in [1.54, 1.807) is 0 Å². The second-order valence-corrected chi connectivity index (χ2v) is 4.00. The predicted octanol–water partition coefficient (Wildman–Crippen LogP) is -0.491. The highest BCUT2D eigenvalue weighted by molar-refractivity contribution is 7.86. The van der Waals surface area contributed by atoms with Crippen LogP contribution in [0.3, 0.4) is 0 Å². The Hall–Kier alpha value is -0.750. The lowest BCUT2D eigenvalue weighted by atomic mass is 10.2. The Morgan fingerprint density at radius 2 is 1.50 bits per heavy atom. The first kappa shape index (κ1) is 11.2. The molecule has 0 atom stereocenters. The number of carbonyl (C=O) groups excluding carboxylic acids is 2. The third kappa shape index (κ3) is 4.20. The zero-order chi connectivity index (χ0) is 9.94. The Kier molecular flexibility index (Phi) is 3.54. The quantitative estimate of drug-likeness (QED) is 0.445. The number of ketones is 2. The second kappa shape index (κ2) is 3.77. The molecule has 0 unspecified atom stereocenters. The molecule has 5 nitrogen and oxygen atoms in total. The van der Waals surface area contributed by atoms with Gasteiger partial charge in [-0.25, -0.2) is 0 Å². The largest absolute Gasteiger partial charge is 0.297 e. The van der Waals surface area contributed by atoms with Crippen LogP contribution in [0.25, 0.3) is 0 Å². The molecule has 0 rings (SSSR count). The molecule has 0 bridgehead atoms. The van der Waals surface area contributed by atoms with Gasteiger partial charge in [-0.1, -0.05) is 0 Å². The van der Waals surface area contributed by atoms with E-state index in [0.717, 1.165) is 20.1 Å². The Morgan fingerprint density at radius 1 is 1.17 bits per heavy atom. The Balaban J connectivity index is 4.58. The summed E-state index contributed by atoms with van der Waals surface area (Å²) >= 11 is 0. The summed E-state index contributed by atoms with van der Waals surface area (Å²) in [4.78, 5) is 21.3. The first-order valence-corrected chi connectivity index (χ1v) is 4.95. The molecule has 0 amide bonds. The molecule has 0 aliphatic rings. The number of Topliss-reactive ketones (excluding diaryl/α,β-unsaturated/α-hetero) is 2. The second-order valence-electron chi connectivity index (χ2n) is 2.40. The maximum atomic E-state index is 10.7. The van der Waals surface area contributed by atoms with Crippen molar-refractivity contribution in [3.8, 4) is 0 Å². The lowest BCUT2D eigenvalue weighted by Crippen LogP contribution is -2.31. The predicted molar refractivity (Wildman–Crippen MR) is 41.1 cm³/mol. The standard InChI is InChI=1S/C6H10O5S/c1-4(7)6(5(2)8)11-12(3,9)10/h6H,1-3H3. The van der Waals surface area contributed by atoms with Crippen molar-refractivity contribution in [3.63, 3.8) is 0 Å². The van der Waals surface area contributed by atoms with Crippen LogP contribution in [0.4, 0.5) is 0 Å². The molecule has 0 radical (unpaired) electrons. The van der Waals surface area contributed by atoms with Crippen LogP contribution in [-0.4, -0.2) is 32.3 Å². The maximum Gasteiger partial charge on any atom is 0.265 e. The summed E-state index contributed by atoms with van der Waals surface area (Å²) in [5, 5.41) is 0. The molecule has 6 heteroatoms. The van der Waals surface area contributed by atoms with Crippen LogP contribution in [0.5, 0.6) is 0 Å². The van der Waals surface area contributed by atoms with Gasteiger partial charge >= 0.3 is 0 Å². The topological polar surface area (TPSA) is 77.5 Å². The summed E-state index contributed by atoms with van der Waals surface area (Å²) in [6, 6.07) is 0. The molecule has 0 fully saturated rings. The van der Waals surface area contributed by atoms with E-state index in [1.165, 1.54) is 0 Å². The zero-order valence-corrected chi connectivity index (χ0v) is 7.84. The molecule has 12 heavy (non-hydrogen) atoms. The van der Waals surface area contributed by atoms with Crippen LogP contribution in [0.15, 0.2) is 0 Å². The third-order valence-electron chi connectivity index (χ3n) is 1.01. The van der Waals surface area contributed by atoms with Crippen LogP contribution >= 0.6 is 0 Å². The highest BCUT2D eigenvalue weighted by Crippen LogP contribution is 2.00. The van der Waals surface area contributed by atoms with E-state index < -0.39 is 27.8 Å². The average Bonchev–Trinajstić information content (AvgIpc) is 1.79. The van der Waals surface area contributed by atoms with Gasteiger partial charge in [0, 0.05) is 0 Å². The minimum atomic E-state index is -3.76. The van der Waals surface area contributed by atoms with Crippen molar-refractivity contribution in [1.82, 2.24) is 0 Å². The summed E-state index contributed by atoms with van der Waals surface area (Å²) < 4.78 is 25.3. The van der Waals surface area contributed by atoms with Gasteiger partial charge in [0.05, 0.1) is 6.26 Å². The van der Waals surface area contributed by atoms with E-state index in [0.29, 0.717) is 0 Å². The summed E-state index contributed by atoms with van der Waals surface area (Å²) in [7, 11) is -3.76. The van der Waals surface area contributed by atoms with Gasteiger partial charge < -0.3 is 0 Å². The molecule has 0 aromatic rings. The molecule has 0 saturated carbocycles. The summed E-state index contributed by atoms with van der Waals surface area (Å²) in [6.45, 7) is 2.19. The normalized spacial score (nSPS) is 11.7. The van der Waals surface area contributed by atoms with E-state index in [2.05, 4.69) is 4.18 Å². The van der Waals surface area contributed by atoms with E-state index in [4.69, 9.17) is 0 Å². The van der Waals surface area contributed by atoms with Gasteiger partial charge in [-0.2, -0.15) is 8.42 Å². The number of hydrogen-bond acceptors (Lipinski definition) is 5. The number of carbonyl (C=O) groups is 2. The summed E-state index contributed by atoms with van der Waals surface area (Å²) in [5.41, 5.74) is 0. The van der Waals surface area contributed by atoms with Gasteiger partial charge in [-0.15, -0.1) is 0 Å². The van der Waals surface area contributed by atoms with Crippen LogP contribution < -0.4 is 0 Å². The SMILES string of the molecule is CC(=O)C(OS(C)(=O)=O)C(C)=O. The summed E-state index contributed by atoms with van der Waals surface area (Å²) in [5.74, 6) is -1.24. The molecule has 0 heterocycles. The smallest absolute Gasteiger partial charge is 0.265 e. The van der Waals surface area contributed by atoms with Crippen molar-refractivity contribution in [1.29, 1.82) is 0 Å². The van der Waals surface area contributed by atoms with Crippen molar-refractivity contribution < 1.29 is 22.2 Å². The van der Waals surface area contributed by atoms with E-state index in [1.807, 2.05) is 0 Å². The van der Waals surface area contributed by atoms with E-state index >= 15 is 0 Å². The van der Waals surface area contributed by atoms with Crippen molar-refractivity contribution in [2.45, 2.75) is 20.0 Å². The van der Waals surface area contributed by atoms with Crippen LogP contribution in [-0.2, 0) is 23.9 Å². The molecule has 0 aliphatic carbocycles. The number of hydrogen-bond donors (Lipinski definition) is 0. The molecular formula is C6H10O5S. The van der Waals surface area contributed by atoms with Crippen molar-refractivity contribution in [2.75, 3.05) is 6.26 Å². The zero-order valence-electron chi connectivity index (χ0n) is 7.03. The van der Waals surface area contributed by atoms with Crippen LogP contribution in [0, 0.1) is 0 Å². The van der Waals surface area contributed by atoms with Gasteiger partial charge in [0.2, 0.25) is 0 Å². The Labute approximate surface area is 70.8 Å². The van der Waals surface area contributed by atoms with E-state index in [9.17, 15) is 18.0 Å². The van der Waals surface area contributed by atoms with Crippen molar-refractivity contribution >= 4 is 21.7 Å². The molecule has 0 aliphatic heterocycles. The highest BCUT2D eigenvalue weighted by Gasteiger charge is 2.24. The van der Waals surface area contributed by atoms with Gasteiger partial charge in [0.25, 0.3) is 10.1 Å². The van der Waals surface area contributed by atoms with Crippen LogP contribution in [0.1, 0.15) is 13.8 Å². The molecule has 0 spiro atoms. The van der Waals surface area contributed by atoms with Gasteiger partial charge in [0.15, 0.2) is 17.7 Å². The minimum Gasteiger partial charge on any atom is -0.297 e. The Bertz CT molecular complexity index is 275. The molecule has 0 aromatic heterocycles. The average molecular weight is 194 g/mol. The molecular weight excluding hydrogens is 184 g/mol. The monoisotopic (exact) mass is 194 g/mol. The van der Waals surface area contributed by atoms with Gasteiger partial charge in [-0.05, 0) is 13.8 Å².